The topological polar surface area (TPSA) is 123 Å². The second kappa shape index (κ2) is 7.96. The fourth-order valence-corrected chi connectivity index (χ4v) is 2.68. The Morgan fingerprint density at radius 1 is 1.59 bits per heavy atom. The molecule has 1 atom stereocenters. The van der Waals surface area contributed by atoms with Gasteiger partial charge in [-0.1, -0.05) is 29.0 Å². The van der Waals surface area contributed by atoms with Gasteiger partial charge < -0.3 is 20.8 Å². The molecule has 1 aromatic rings. The van der Waals surface area contributed by atoms with E-state index in [1.165, 1.54) is 6.20 Å². The van der Waals surface area contributed by atoms with Gasteiger partial charge in [-0.25, -0.2) is 4.79 Å². The predicted molar refractivity (Wildman–Crippen MR) is 84.7 cm³/mol. The molecular weight excluding hydrogens is 304 g/mol. The maximum atomic E-state index is 11.7. The van der Waals surface area contributed by atoms with Crippen LogP contribution in [0.25, 0.3) is 10.4 Å². The van der Waals surface area contributed by atoms with Crippen molar-refractivity contribution in [2.75, 3.05) is 18.5 Å². The first-order valence-corrected chi connectivity index (χ1v) is 7.29. The second-order valence-electron chi connectivity index (χ2n) is 4.14. The smallest absolute Gasteiger partial charge is 0.341 e. The summed E-state index contributed by atoms with van der Waals surface area (Å²) in [4.78, 5) is 15.4. The monoisotopic (exact) mass is 318 g/mol. The quantitative estimate of drug-likeness (QED) is 0.135. The van der Waals surface area contributed by atoms with Crippen molar-refractivity contribution in [1.29, 1.82) is 5.41 Å². The molecule has 0 aliphatic carbocycles. The summed E-state index contributed by atoms with van der Waals surface area (Å²) in [5, 5.41) is 16.8. The zero-order valence-corrected chi connectivity index (χ0v) is 12.3. The van der Waals surface area contributed by atoms with Crippen molar-refractivity contribution in [3.05, 3.63) is 46.5 Å². The van der Waals surface area contributed by atoms with E-state index in [2.05, 4.69) is 20.7 Å². The average molecular weight is 318 g/mol. The van der Waals surface area contributed by atoms with Gasteiger partial charge in [-0.3, -0.25) is 0 Å². The van der Waals surface area contributed by atoms with Crippen LogP contribution in [0.5, 0.6) is 0 Å². The minimum Gasteiger partial charge on any atom is -0.462 e. The molecule has 0 aromatic heterocycles. The van der Waals surface area contributed by atoms with Crippen molar-refractivity contribution in [2.24, 2.45) is 5.11 Å². The molecule has 1 aromatic carbocycles. The van der Waals surface area contributed by atoms with Gasteiger partial charge in [0.25, 0.3) is 0 Å². The van der Waals surface area contributed by atoms with E-state index in [-0.39, 0.29) is 24.2 Å². The van der Waals surface area contributed by atoms with Gasteiger partial charge in [0.1, 0.15) is 5.50 Å². The zero-order chi connectivity index (χ0) is 15.8. The fraction of sp³-hybridized carbons (Fsp3) is 0.231. The van der Waals surface area contributed by atoms with Crippen LogP contribution in [0.3, 0.4) is 0 Å². The molecule has 0 radical (unpaired) electrons. The summed E-state index contributed by atoms with van der Waals surface area (Å²) in [5.41, 5.74) is 9.10. The van der Waals surface area contributed by atoms with Crippen LogP contribution >= 0.6 is 11.8 Å². The van der Waals surface area contributed by atoms with Crippen LogP contribution in [0.4, 0.5) is 5.69 Å². The number of para-hydroxylation sites is 1. The van der Waals surface area contributed by atoms with E-state index in [0.717, 1.165) is 16.8 Å². The Balaban J connectivity index is 1.86. The Morgan fingerprint density at radius 3 is 3.14 bits per heavy atom. The van der Waals surface area contributed by atoms with E-state index in [1.807, 2.05) is 24.3 Å². The highest BCUT2D eigenvalue weighted by Gasteiger charge is 2.19. The average Bonchev–Trinajstić information content (AvgIpc) is 2.95. The molecule has 0 saturated carbocycles. The number of rotatable bonds is 7. The molecule has 9 heteroatoms. The molecule has 1 aliphatic rings. The molecule has 114 valence electrons. The Morgan fingerprint density at radius 2 is 2.41 bits per heavy atom. The SMILES string of the molecule is [N-]=[N+]=NCCOC(=O)/C(C=N)=C/NC1Nc2ccccc2S1. The number of carbonyl (C=O) groups is 1. The van der Waals surface area contributed by atoms with Gasteiger partial charge in [-0.2, -0.15) is 0 Å². The van der Waals surface area contributed by atoms with Crippen LogP contribution in [0.1, 0.15) is 0 Å². The molecule has 0 spiro atoms. The summed E-state index contributed by atoms with van der Waals surface area (Å²) in [6.07, 6.45) is 2.34. The lowest BCUT2D eigenvalue weighted by Gasteiger charge is -2.11. The number of nitrogens with zero attached hydrogens (tertiary/aromatic N) is 3. The third kappa shape index (κ3) is 4.18. The lowest BCUT2D eigenvalue weighted by molar-refractivity contribution is -0.138. The normalized spacial score (nSPS) is 16.0. The fourth-order valence-electron chi connectivity index (χ4n) is 1.69. The Hall–Kier alpha value is -2.64. The zero-order valence-electron chi connectivity index (χ0n) is 11.5. The summed E-state index contributed by atoms with van der Waals surface area (Å²) in [6, 6.07) is 7.86. The van der Waals surface area contributed by atoms with Gasteiger partial charge >= 0.3 is 5.97 Å². The Labute approximate surface area is 131 Å². The van der Waals surface area contributed by atoms with Crippen molar-refractivity contribution in [2.45, 2.75) is 10.4 Å². The number of anilines is 1. The van der Waals surface area contributed by atoms with Crippen LogP contribution in [-0.2, 0) is 9.53 Å². The van der Waals surface area contributed by atoms with Crippen LogP contribution in [-0.4, -0.2) is 30.8 Å². The second-order valence-corrected chi connectivity index (χ2v) is 5.29. The third-order valence-electron chi connectivity index (χ3n) is 2.69. The van der Waals surface area contributed by atoms with Gasteiger partial charge in [-0.15, -0.1) is 0 Å². The molecule has 1 aliphatic heterocycles. The van der Waals surface area contributed by atoms with Gasteiger partial charge in [0.2, 0.25) is 0 Å². The summed E-state index contributed by atoms with van der Waals surface area (Å²) in [6.45, 7) is 0.0479. The van der Waals surface area contributed by atoms with Crippen molar-refractivity contribution in [3.63, 3.8) is 0 Å². The van der Waals surface area contributed by atoms with Crippen LogP contribution in [0.15, 0.2) is 46.0 Å². The van der Waals surface area contributed by atoms with E-state index >= 15 is 0 Å². The molecule has 3 N–H and O–H groups in total. The van der Waals surface area contributed by atoms with E-state index in [9.17, 15) is 4.79 Å². The van der Waals surface area contributed by atoms with Crippen molar-refractivity contribution in [3.8, 4) is 0 Å². The number of fused-ring (bicyclic) bond motifs is 1. The largest absolute Gasteiger partial charge is 0.462 e. The number of benzene rings is 1. The molecule has 22 heavy (non-hydrogen) atoms. The highest BCUT2D eigenvalue weighted by molar-refractivity contribution is 8.00. The molecular formula is C13H14N6O2S. The molecule has 0 saturated heterocycles. The van der Waals surface area contributed by atoms with Gasteiger partial charge in [0, 0.05) is 22.2 Å². The number of nitrogens with one attached hydrogen (secondary N) is 3. The molecule has 0 fully saturated rings. The molecule has 2 rings (SSSR count). The van der Waals surface area contributed by atoms with E-state index < -0.39 is 5.97 Å². The van der Waals surface area contributed by atoms with Crippen molar-refractivity contribution < 1.29 is 9.53 Å². The molecule has 8 nitrogen and oxygen atoms in total. The van der Waals surface area contributed by atoms with Gasteiger partial charge in [0.05, 0.1) is 24.4 Å². The lowest BCUT2D eigenvalue weighted by Crippen LogP contribution is -2.27. The van der Waals surface area contributed by atoms with Gasteiger partial charge in [-0.05, 0) is 17.7 Å². The standard InChI is InChI=1S/C13H14N6O2S/c14-7-9(12(20)21-6-5-17-19-15)8-16-13-18-10-3-1-2-4-11(10)22-13/h1-4,7-8,13-14,16,18H,5-6H2/b9-8+,14-7?. The van der Waals surface area contributed by atoms with Gasteiger partial charge in [0.15, 0.2) is 0 Å². The molecule has 0 bridgehead atoms. The first-order valence-electron chi connectivity index (χ1n) is 6.41. The van der Waals surface area contributed by atoms with Crippen molar-refractivity contribution in [1.82, 2.24) is 5.32 Å². The van der Waals surface area contributed by atoms with Crippen molar-refractivity contribution >= 4 is 29.6 Å². The number of esters is 1. The molecule has 1 heterocycles. The summed E-state index contributed by atoms with van der Waals surface area (Å²) in [5.74, 6) is -0.642. The minimum absolute atomic E-state index is 0.0179. The number of azide groups is 1. The lowest BCUT2D eigenvalue weighted by atomic mass is 10.3. The van der Waals surface area contributed by atoms with Crippen LogP contribution in [0, 0.1) is 5.41 Å². The summed E-state index contributed by atoms with van der Waals surface area (Å²) in [7, 11) is 0. The first kappa shape index (κ1) is 15.7. The Bertz CT molecular complexity index is 616. The maximum Gasteiger partial charge on any atom is 0.341 e. The molecule has 1 unspecified atom stereocenters. The highest BCUT2D eigenvalue weighted by atomic mass is 32.2. The molecule has 0 amide bonds. The summed E-state index contributed by atoms with van der Waals surface area (Å²) < 4.78 is 4.88. The van der Waals surface area contributed by atoms with Crippen LogP contribution in [0.2, 0.25) is 0 Å². The summed E-state index contributed by atoms with van der Waals surface area (Å²) >= 11 is 1.58. The number of hydrogen-bond donors (Lipinski definition) is 3. The predicted octanol–water partition coefficient (Wildman–Crippen LogP) is 2.46. The van der Waals surface area contributed by atoms with E-state index in [0.29, 0.717) is 0 Å². The highest BCUT2D eigenvalue weighted by Crippen LogP contribution is 2.36. The minimum atomic E-state index is -0.642. The number of hydrogen-bond acceptors (Lipinski definition) is 7. The first-order chi connectivity index (χ1) is 10.7. The van der Waals surface area contributed by atoms with Crippen LogP contribution < -0.4 is 10.6 Å². The van der Waals surface area contributed by atoms with E-state index in [1.54, 1.807) is 11.8 Å². The number of ether oxygens (including phenoxy) is 1. The third-order valence-corrected chi connectivity index (χ3v) is 3.79. The number of carbonyl (C=O) groups excluding carboxylic acids is 1. The maximum absolute atomic E-state index is 11.7. The van der Waals surface area contributed by atoms with E-state index in [4.69, 9.17) is 15.7 Å². The Kier molecular flexibility index (Phi) is 5.70. The number of thioether (sulfide) groups is 1.